The van der Waals surface area contributed by atoms with Gasteiger partial charge in [-0.2, -0.15) is 0 Å². The van der Waals surface area contributed by atoms with Crippen molar-refractivity contribution in [3.05, 3.63) is 78.0 Å². The third-order valence-corrected chi connectivity index (χ3v) is 6.41. The number of nitrogens with one attached hydrogen (secondary N) is 2. The van der Waals surface area contributed by atoms with E-state index in [1.165, 1.54) is 0 Å². The van der Waals surface area contributed by atoms with Crippen molar-refractivity contribution in [2.75, 3.05) is 6.54 Å². The quantitative estimate of drug-likeness (QED) is 0.298. The van der Waals surface area contributed by atoms with Gasteiger partial charge in [-0.25, -0.2) is 0 Å². The molecule has 192 valence electrons. The van der Waals surface area contributed by atoms with Crippen molar-refractivity contribution in [3.63, 3.8) is 0 Å². The molecule has 0 fully saturated rings. The second-order valence-electron chi connectivity index (χ2n) is 9.96. The predicted octanol–water partition coefficient (Wildman–Crippen LogP) is 4.91. The Hall–Kier alpha value is -3.25. The summed E-state index contributed by atoms with van der Waals surface area (Å²) >= 11 is 0. The Morgan fingerprint density at radius 1 is 1.00 bits per heavy atom. The Bertz CT molecular complexity index is 1120. The third kappa shape index (κ3) is 8.16. The zero-order valence-corrected chi connectivity index (χ0v) is 21.6. The van der Waals surface area contributed by atoms with E-state index in [4.69, 9.17) is 0 Å². The van der Waals surface area contributed by atoms with E-state index in [2.05, 4.69) is 36.4 Å². The first-order chi connectivity index (χ1) is 17.4. The van der Waals surface area contributed by atoms with Gasteiger partial charge in [0.25, 0.3) is 5.91 Å². The number of carbonyl (C=O) groups is 2. The van der Waals surface area contributed by atoms with Crippen LogP contribution in [0.2, 0.25) is 0 Å². The van der Waals surface area contributed by atoms with Gasteiger partial charge in [0, 0.05) is 24.0 Å². The highest BCUT2D eigenvalue weighted by molar-refractivity contribution is 5.97. The van der Waals surface area contributed by atoms with E-state index in [1.807, 2.05) is 60.7 Å². The molecular formula is C30H39N3O3. The number of hydrogen-bond acceptors (Lipinski definition) is 4. The number of nitrogens with zero attached hydrogens (tertiary/aromatic N) is 1. The smallest absolute Gasteiger partial charge is 0.253 e. The topological polar surface area (TPSA) is 91.3 Å². The maximum atomic E-state index is 13.2. The van der Waals surface area contributed by atoms with Gasteiger partial charge in [-0.1, -0.05) is 75.7 Å². The second kappa shape index (κ2) is 13.7. The minimum atomic E-state index is -0.886. The molecule has 3 atom stereocenters. The molecule has 0 aliphatic heterocycles. The summed E-state index contributed by atoms with van der Waals surface area (Å²) < 4.78 is 0. The number of aliphatic hydroxyl groups excluding tert-OH is 1. The molecule has 0 spiro atoms. The van der Waals surface area contributed by atoms with Crippen molar-refractivity contribution in [2.24, 2.45) is 11.8 Å². The molecule has 1 aromatic heterocycles. The van der Waals surface area contributed by atoms with Crippen LogP contribution in [0.5, 0.6) is 0 Å². The fourth-order valence-corrected chi connectivity index (χ4v) is 4.47. The molecule has 0 aliphatic carbocycles. The third-order valence-electron chi connectivity index (χ3n) is 6.41. The van der Waals surface area contributed by atoms with E-state index in [-0.39, 0.29) is 24.2 Å². The summed E-state index contributed by atoms with van der Waals surface area (Å²) in [6.45, 7) is 6.88. The van der Waals surface area contributed by atoms with Crippen LogP contribution in [0.3, 0.4) is 0 Å². The van der Waals surface area contributed by atoms with Crippen molar-refractivity contribution >= 4 is 22.7 Å². The van der Waals surface area contributed by atoms with Crippen molar-refractivity contribution in [3.8, 4) is 0 Å². The van der Waals surface area contributed by atoms with Gasteiger partial charge in [0.05, 0.1) is 23.2 Å². The first-order valence-electron chi connectivity index (χ1n) is 13.0. The number of para-hydroxylation sites is 1. The van der Waals surface area contributed by atoms with Gasteiger partial charge in [0.2, 0.25) is 5.91 Å². The first kappa shape index (κ1) is 27.3. The van der Waals surface area contributed by atoms with Gasteiger partial charge in [0.15, 0.2) is 0 Å². The van der Waals surface area contributed by atoms with E-state index >= 15 is 0 Å². The van der Waals surface area contributed by atoms with Crippen molar-refractivity contribution < 1.29 is 14.7 Å². The Kier molecular flexibility index (Phi) is 10.4. The van der Waals surface area contributed by atoms with E-state index in [1.54, 1.807) is 6.20 Å². The maximum absolute atomic E-state index is 13.2. The molecule has 3 aromatic rings. The molecule has 2 amide bonds. The first-order valence-corrected chi connectivity index (χ1v) is 13.0. The number of fused-ring (bicyclic) bond motifs is 1. The van der Waals surface area contributed by atoms with Crippen LogP contribution in [-0.2, 0) is 11.2 Å². The number of aromatic nitrogens is 1. The SMILES string of the molecule is CCCCNC(=O)[C@H](CC(C)C)C[C@H](O)[C@H](Cc1ccccc1)NC(=O)c1cnc2ccccc2c1. The lowest BCUT2D eigenvalue weighted by molar-refractivity contribution is -0.126. The summed E-state index contributed by atoms with van der Waals surface area (Å²) in [7, 11) is 0. The summed E-state index contributed by atoms with van der Waals surface area (Å²) in [5.74, 6) is -0.333. The number of amides is 2. The zero-order chi connectivity index (χ0) is 25.9. The Morgan fingerprint density at radius 3 is 2.44 bits per heavy atom. The minimum absolute atomic E-state index is 0.0280. The highest BCUT2D eigenvalue weighted by Crippen LogP contribution is 2.21. The summed E-state index contributed by atoms with van der Waals surface area (Å²) in [5.41, 5.74) is 2.27. The number of unbranched alkanes of at least 4 members (excludes halogenated alkanes) is 1. The zero-order valence-electron chi connectivity index (χ0n) is 21.6. The normalized spacial score (nSPS) is 13.8. The molecule has 3 rings (SSSR count). The number of hydrogen-bond donors (Lipinski definition) is 3. The lowest BCUT2D eigenvalue weighted by Gasteiger charge is -2.28. The number of carbonyl (C=O) groups excluding carboxylic acids is 2. The van der Waals surface area contributed by atoms with Crippen molar-refractivity contribution in [2.45, 2.75) is 65.0 Å². The average molecular weight is 490 g/mol. The molecule has 36 heavy (non-hydrogen) atoms. The lowest BCUT2D eigenvalue weighted by Crippen LogP contribution is -2.47. The Morgan fingerprint density at radius 2 is 1.72 bits per heavy atom. The number of benzene rings is 2. The van der Waals surface area contributed by atoms with Crippen LogP contribution in [0.25, 0.3) is 10.9 Å². The maximum Gasteiger partial charge on any atom is 0.253 e. The summed E-state index contributed by atoms with van der Waals surface area (Å²) in [4.78, 5) is 30.5. The molecule has 3 N–H and O–H groups in total. The molecule has 0 saturated heterocycles. The largest absolute Gasteiger partial charge is 0.391 e. The minimum Gasteiger partial charge on any atom is -0.391 e. The lowest BCUT2D eigenvalue weighted by atomic mass is 9.87. The van der Waals surface area contributed by atoms with Crippen LogP contribution in [0.15, 0.2) is 66.9 Å². The standard InChI is InChI=1S/C30H39N3O3/c1-4-5-15-31-29(35)24(16-21(2)3)19-28(34)27(17-22-11-7-6-8-12-22)33-30(36)25-18-23-13-9-10-14-26(23)32-20-25/h6-14,18,20-21,24,27-28,34H,4-5,15-17,19H2,1-3H3,(H,31,35)(H,33,36)/t24-,27+,28+/m1/s1. The van der Waals surface area contributed by atoms with Gasteiger partial charge in [0.1, 0.15) is 0 Å². The van der Waals surface area contributed by atoms with Crippen LogP contribution in [-0.4, -0.2) is 40.6 Å². The second-order valence-corrected chi connectivity index (χ2v) is 9.96. The molecule has 0 bridgehead atoms. The fraction of sp³-hybridized carbons (Fsp3) is 0.433. The summed E-state index contributed by atoms with van der Waals surface area (Å²) in [6, 6.07) is 18.7. The monoisotopic (exact) mass is 489 g/mol. The number of rotatable bonds is 13. The van der Waals surface area contributed by atoms with Crippen LogP contribution in [0.4, 0.5) is 0 Å². The van der Waals surface area contributed by atoms with Gasteiger partial charge in [-0.05, 0) is 49.3 Å². The molecule has 0 aliphatic rings. The number of aliphatic hydroxyl groups is 1. The van der Waals surface area contributed by atoms with E-state index < -0.39 is 12.1 Å². The van der Waals surface area contributed by atoms with Gasteiger partial charge in [-0.15, -0.1) is 0 Å². The summed E-state index contributed by atoms with van der Waals surface area (Å²) in [5, 5.41) is 18.3. The van der Waals surface area contributed by atoms with Crippen LogP contribution in [0.1, 0.15) is 62.4 Å². The molecular weight excluding hydrogens is 450 g/mol. The van der Waals surface area contributed by atoms with E-state index in [0.29, 0.717) is 30.9 Å². The van der Waals surface area contributed by atoms with E-state index in [0.717, 1.165) is 29.3 Å². The van der Waals surface area contributed by atoms with Crippen molar-refractivity contribution in [1.29, 1.82) is 0 Å². The highest BCUT2D eigenvalue weighted by Gasteiger charge is 2.29. The summed E-state index contributed by atoms with van der Waals surface area (Å²) in [6.07, 6.45) is 4.03. The van der Waals surface area contributed by atoms with Gasteiger partial charge < -0.3 is 15.7 Å². The molecule has 6 nitrogen and oxygen atoms in total. The molecule has 0 radical (unpaired) electrons. The van der Waals surface area contributed by atoms with E-state index in [9.17, 15) is 14.7 Å². The fourth-order valence-electron chi connectivity index (χ4n) is 4.47. The molecule has 0 unspecified atom stereocenters. The van der Waals surface area contributed by atoms with Crippen molar-refractivity contribution in [1.82, 2.24) is 15.6 Å². The molecule has 0 saturated carbocycles. The van der Waals surface area contributed by atoms with Crippen LogP contribution < -0.4 is 10.6 Å². The number of pyridine rings is 1. The Labute approximate surface area is 214 Å². The predicted molar refractivity (Wildman–Crippen MR) is 145 cm³/mol. The van der Waals surface area contributed by atoms with Crippen LogP contribution >= 0.6 is 0 Å². The Balaban J connectivity index is 1.78. The van der Waals surface area contributed by atoms with Gasteiger partial charge in [-0.3, -0.25) is 14.6 Å². The van der Waals surface area contributed by atoms with Gasteiger partial charge >= 0.3 is 0 Å². The highest BCUT2D eigenvalue weighted by atomic mass is 16.3. The molecule has 2 aromatic carbocycles. The average Bonchev–Trinajstić information content (AvgIpc) is 2.88. The van der Waals surface area contributed by atoms with Crippen LogP contribution in [0, 0.1) is 11.8 Å². The molecule has 1 heterocycles. The molecule has 6 heteroatoms.